The van der Waals surface area contributed by atoms with Crippen molar-refractivity contribution in [2.24, 2.45) is 0 Å². The highest BCUT2D eigenvalue weighted by Crippen LogP contribution is 2.24. The standard InChI is InChI=1S/C15H16ClO3/c16-13-7-6-12-9-14(19-15(12)10-13)5-3-1-2-4-8-18-11-17/h6-7,9-10H,1-5,8H2. The van der Waals surface area contributed by atoms with Gasteiger partial charge in [-0.2, -0.15) is 0 Å². The van der Waals surface area contributed by atoms with Gasteiger partial charge in [-0.3, -0.25) is 0 Å². The highest BCUT2D eigenvalue weighted by molar-refractivity contribution is 6.31. The summed E-state index contributed by atoms with van der Waals surface area (Å²) >= 11 is 5.92. The Labute approximate surface area is 117 Å². The number of fused-ring (bicyclic) bond motifs is 1. The minimum absolute atomic E-state index is 0.465. The van der Waals surface area contributed by atoms with E-state index in [1.165, 1.54) is 6.47 Å². The lowest BCUT2D eigenvalue weighted by Gasteiger charge is -1.99. The van der Waals surface area contributed by atoms with Crippen molar-refractivity contribution in [1.29, 1.82) is 0 Å². The van der Waals surface area contributed by atoms with E-state index in [9.17, 15) is 4.79 Å². The number of rotatable bonds is 8. The first kappa shape index (κ1) is 13.9. The first-order valence-electron chi connectivity index (χ1n) is 6.46. The normalized spacial score (nSPS) is 10.8. The predicted octanol–water partition coefficient (Wildman–Crippen LogP) is 4.27. The van der Waals surface area contributed by atoms with E-state index in [1.807, 2.05) is 18.2 Å². The second-order valence-electron chi connectivity index (χ2n) is 4.49. The fraction of sp³-hybridized carbons (Fsp3) is 0.400. The molecule has 3 nitrogen and oxygen atoms in total. The van der Waals surface area contributed by atoms with Gasteiger partial charge in [-0.1, -0.05) is 24.4 Å². The van der Waals surface area contributed by atoms with Crippen LogP contribution in [0.15, 0.2) is 28.7 Å². The molecule has 0 aliphatic heterocycles. The van der Waals surface area contributed by atoms with Crippen LogP contribution in [0.5, 0.6) is 0 Å². The van der Waals surface area contributed by atoms with Crippen LogP contribution in [0, 0.1) is 0 Å². The second kappa shape index (κ2) is 7.19. The molecule has 1 aromatic carbocycles. The summed E-state index contributed by atoms with van der Waals surface area (Å²) < 4.78 is 10.2. The third-order valence-corrected chi connectivity index (χ3v) is 3.25. The highest BCUT2D eigenvalue weighted by Gasteiger charge is 2.04. The van der Waals surface area contributed by atoms with E-state index >= 15 is 0 Å². The van der Waals surface area contributed by atoms with Crippen LogP contribution in [0.4, 0.5) is 0 Å². The Bertz CT molecular complexity index is 533. The fourth-order valence-corrected chi connectivity index (χ4v) is 2.21. The number of aryl methyl sites for hydroxylation is 1. The van der Waals surface area contributed by atoms with Crippen LogP contribution in [0.2, 0.25) is 5.02 Å². The summed E-state index contributed by atoms with van der Waals surface area (Å²) in [6.45, 7) is 1.89. The molecule has 0 saturated carbocycles. The number of unbranched alkanes of at least 4 members (excludes halogenated alkanes) is 3. The Morgan fingerprint density at radius 3 is 2.84 bits per heavy atom. The van der Waals surface area contributed by atoms with Gasteiger partial charge in [-0.25, -0.2) is 4.79 Å². The van der Waals surface area contributed by atoms with Crippen molar-refractivity contribution >= 4 is 29.0 Å². The maximum atomic E-state index is 9.82. The van der Waals surface area contributed by atoms with Gasteiger partial charge in [-0.15, -0.1) is 0 Å². The van der Waals surface area contributed by atoms with Crippen LogP contribution in [0.1, 0.15) is 31.4 Å². The maximum absolute atomic E-state index is 9.82. The lowest BCUT2D eigenvalue weighted by atomic mass is 10.1. The van der Waals surface area contributed by atoms with Crippen LogP contribution in [0.3, 0.4) is 0 Å². The first-order chi connectivity index (χ1) is 9.29. The van der Waals surface area contributed by atoms with Crippen molar-refractivity contribution in [2.45, 2.75) is 32.1 Å². The van der Waals surface area contributed by atoms with Crippen LogP contribution < -0.4 is 0 Å². The van der Waals surface area contributed by atoms with Gasteiger partial charge in [0.1, 0.15) is 11.3 Å². The molecule has 0 bridgehead atoms. The van der Waals surface area contributed by atoms with Gasteiger partial charge < -0.3 is 9.15 Å². The van der Waals surface area contributed by atoms with Crippen molar-refractivity contribution < 1.29 is 13.9 Å². The Morgan fingerprint density at radius 1 is 1.16 bits per heavy atom. The summed E-state index contributed by atoms with van der Waals surface area (Å²) in [6, 6.07) is 7.74. The van der Waals surface area contributed by atoms with E-state index in [4.69, 9.17) is 16.0 Å². The van der Waals surface area contributed by atoms with Gasteiger partial charge in [-0.05, 0) is 37.1 Å². The lowest BCUT2D eigenvalue weighted by Crippen LogP contribution is -1.91. The van der Waals surface area contributed by atoms with Crippen molar-refractivity contribution in [1.82, 2.24) is 0 Å². The van der Waals surface area contributed by atoms with Crippen LogP contribution in [0.25, 0.3) is 11.0 Å². The summed E-state index contributed by atoms with van der Waals surface area (Å²) in [5.74, 6) is 0.995. The average Bonchev–Trinajstić information content (AvgIpc) is 2.79. The number of halogens is 1. The quantitative estimate of drug-likeness (QED) is 0.677. The van der Waals surface area contributed by atoms with E-state index in [-0.39, 0.29) is 0 Å². The maximum Gasteiger partial charge on any atom is 0.417 e. The van der Waals surface area contributed by atoms with Gasteiger partial charge in [0.15, 0.2) is 0 Å². The van der Waals surface area contributed by atoms with E-state index in [0.29, 0.717) is 11.6 Å². The highest BCUT2D eigenvalue weighted by atomic mass is 35.5. The van der Waals surface area contributed by atoms with Crippen molar-refractivity contribution in [3.05, 3.63) is 35.0 Å². The number of hydrogen-bond donors (Lipinski definition) is 0. The number of furan rings is 1. The summed E-state index contributed by atoms with van der Waals surface area (Å²) in [7, 11) is 0. The third-order valence-electron chi connectivity index (χ3n) is 3.01. The number of hydrogen-bond acceptors (Lipinski definition) is 3. The Hall–Kier alpha value is -1.48. The molecule has 101 valence electrons. The molecule has 0 unspecified atom stereocenters. The van der Waals surface area contributed by atoms with Gasteiger partial charge >= 0.3 is 6.47 Å². The fourth-order valence-electron chi connectivity index (χ4n) is 2.05. The number of ether oxygens (including phenoxy) is 1. The molecule has 1 aromatic heterocycles. The molecule has 0 amide bonds. The molecule has 1 heterocycles. The molecule has 0 saturated heterocycles. The smallest absolute Gasteiger partial charge is 0.417 e. The second-order valence-corrected chi connectivity index (χ2v) is 4.93. The van der Waals surface area contributed by atoms with E-state index < -0.39 is 0 Å². The Kier molecular flexibility index (Phi) is 5.28. The molecule has 1 radical (unpaired) electrons. The molecule has 0 aliphatic carbocycles. The first-order valence-corrected chi connectivity index (χ1v) is 6.84. The number of benzene rings is 1. The minimum atomic E-state index is 0.465. The molecular weight excluding hydrogens is 264 g/mol. The zero-order chi connectivity index (χ0) is 13.5. The van der Waals surface area contributed by atoms with E-state index in [0.717, 1.165) is 48.8 Å². The molecule has 0 N–H and O–H groups in total. The summed E-state index contributed by atoms with van der Waals surface area (Å²) in [5, 5.41) is 1.79. The Morgan fingerprint density at radius 2 is 2.00 bits per heavy atom. The van der Waals surface area contributed by atoms with E-state index in [2.05, 4.69) is 10.8 Å². The van der Waals surface area contributed by atoms with Crippen LogP contribution >= 0.6 is 11.6 Å². The largest absolute Gasteiger partial charge is 0.461 e. The molecule has 2 rings (SSSR count). The third kappa shape index (κ3) is 4.28. The minimum Gasteiger partial charge on any atom is -0.461 e. The van der Waals surface area contributed by atoms with Gasteiger partial charge in [0, 0.05) is 16.8 Å². The molecular formula is C15H16ClO3. The molecule has 0 aliphatic rings. The molecule has 4 heteroatoms. The zero-order valence-corrected chi connectivity index (χ0v) is 11.4. The van der Waals surface area contributed by atoms with Crippen molar-refractivity contribution in [3.8, 4) is 0 Å². The van der Waals surface area contributed by atoms with Crippen molar-refractivity contribution in [2.75, 3.05) is 6.61 Å². The predicted molar refractivity (Wildman–Crippen MR) is 75.0 cm³/mol. The van der Waals surface area contributed by atoms with Crippen LogP contribution in [-0.4, -0.2) is 13.1 Å². The SMILES string of the molecule is O=[C]OCCCCCCc1cc2ccc(Cl)cc2o1. The topological polar surface area (TPSA) is 39.4 Å². The van der Waals surface area contributed by atoms with Gasteiger partial charge in [0.2, 0.25) is 0 Å². The number of carbonyl (C=O) groups excluding carboxylic acids is 1. The summed E-state index contributed by atoms with van der Waals surface area (Å²) in [6.07, 6.45) is 5.03. The molecule has 2 aromatic rings. The van der Waals surface area contributed by atoms with Crippen LogP contribution in [-0.2, 0) is 16.0 Å². The average molecular weight is 280 g/mol. The van der Waals surface area contributed by atoms with Gasteiger partial charge in [0.05, 0.1) is 6.61 Å². The summed E-state index contributed by atoms with van der Waals surface area (Å²) in [5.41, 5.74) is 0.845. The lowest BCUT2D eigenvalue weighted by molar-refractivity contribution is 0.268. The van der Waals surface area contributed by atoms with Crippen molar-refractivity contribution in [3.63, 3.8) is 0 Å². The monoisotopic (exact) mass is 279 g/mol. The van der Waals surface area contributed by atoms with E-state index in [1.54, 1.807) is 0 Å². The summed E-state index contributed by atoms with van der Waals surface area (Å²) in [4.78, 5) is 9.82. The molecule has 0 atom stereocenters. The molecule has 0 spiro atoms. The van der Waals surface area contributed by atoms with Gasteiger partial charge in [0.25, 0.3) is 0 Å². The molecule has 0 fully saturated rings. The Balaban J connectivity index is 1.74. The molecule has 19 heavy (non-hydrogen) atoms. The zero-order valence-electron chi connectivity index (χ0n) is 10.7.